The molecule has 0 aliphatic rings. The van der Waals surface area contributed by atoms with E-state index in [4.69, 9.17) is 19.4 Å². The highest BCUT2D eigenvalue weighted by molar-refractivity contribution is 7.26. The first-order valence-corrected chi connectivity index (χ1v) is 19.8. The van der Waals surface area contributed by atoms with Gasteiger partial charge in [-0.05, 0) is 42.0 Å². The Bertz CT molecular complexity index is 3460. The molecular weight excluding hydrogens is 717 g/mol. The minimum absolute atomic E-state index is 0.624. The van der Waals surface area contributed by atoms with Crippen LogP contribution in [0.4, 0.5) is 0 Å². The van der Waals surface area contributed by atoms with E-state index in [1.54, 1.807) is 11.3 Å². The second-order valence-electron chi connectivity index (χ2n) is 14.3. The molecule has 0 amide bonds. The predicted molar refractivity (Wildman–Crippen MR) is 236 cm³/mol. The molecule has 0 atom stereocenters. The van der Waals surface area contributed by atoms with Gasteiger partial charge in [-0.25, -0.2) is 15.0 Å². The predicted octanol–water partition coefficient (Wildman–Crippen LogP) is 13.9. The van der Waals surface area contributed by atoms with Crippen molar-refractivity contribution >= 4 is 75.3 Å². The van der Waals surface area contributed by atoms with Gasteiger partial charge in [0.15, 0.2) is 17.5 Å². The monoisotopic (exact) mass is 746 g/mol. The first-order chi connectivity index (χ1) is 28.3. The van der Waals surface area contributed by atoms with Crippen LogP contribution >= 0.6 is 11.3 Å². The average Bonchev–Trinajstić information content (AvgIpc) is 3.96. The summed E-state index contributed by atoms with van der Waals surface area (Å²) in [7, 11) is 0. The third kappa shape index (κ3) is 4.98. The van der Waals surface area contributed by atoms with Crippen LogP contribution in [0.15, 0.2) is 186 Å². The number of rotatable bonds is 5. The van der Waals surface area contributed by atoms with Gasteiger partial charge in [-0.15, -0.1) is 11.3 Å². The fourth-order valence-electron chi connectivity index (χ4n) is 8.53. The fourth-order valence-corrected chi connectivity index (χ4v) is 9.73. The van der Waals surface area contributed by atoms with E-state index < -0.39 is 0 Å². The van der Waals surface area contributed by atoms with Gasteiger partial charge in [0.25, 0.3) is 0 Å². The molecule has 8 aromatic carbocycles. The molecule has 4 heterocycles. The minimum atomic E-state index is 0.624. The topological polar surface area (TPSA) is 56.7 Å². The molecule has 0 N–H and O–H groups in total. The summed E-state index contributed by atoms with van der Waals surface area (Å²) in [6.07, 6.45) is 0. The second kappa shape index (κ2) is 12.6. The van der Waals surface area contributed by atoms with Gasteiger partial charge in [0.1, 0.15) is 11.2 Å². The van der Waals surface area contributed by atoms with E-state index in [9.17, 15) is 0 Å². The van der Waals surface area contributed by atoms with E-state index >= 15 is 0 Å². The molecule has 0 radical (unpaired) electrons. The Labute approximate surface area is 330 Å². The Balaban J connectivity index is 1.25. The number of fused-ring (bicyclic) bond motifs is 10. The average molecular weight is 747 g/mol. The van der Waals surface area contributed by atoms with Crippen molar-refractivity contribution in [2.75, 3.05) is 0 Å². The van der Waals surface area contributed by atoms with Crippen molar-refractivity contribution < 1.29 is 4.42 Å². The molecular formula is C51H30N4OS. The minimum Gasteiger partial charge on any atom is -0.456 e. The van der Waals surface area contributed by atoms with Crippen LogP contribution in [0, 0.1) is 0 Å². The molecule has 6 heteroatoms. The summed E-state index contributed by atoms with van der Waals surface area (Å²) in [5.41, 5.74) is 10.2. The number of thiophene rings is 1. The van der Waals surface area contributed by atoms with Crippen molar-refractivity contribution in [2.45, 2.75) is 0 Å². The lowest BCUT2D eigenvalue weighted by molar-refractivity contribution is 0.669. The molecule has 0 bridgehead atoms. The van der Waals surface area contributed by atoms with E-state index in [2.05, 4.69) is 144 Å². The maximum absolute atomic E-state index is 6.47. The lowest BCUT2D eigenvalue weighted by atomic mass is 10.0. The summed E-state index contributed by atoms with van der Waals surface area (Å²) >= 11 is 1.78. The molecule has 0 aliphatic heterocycles. The number of nitrogens with zero attached hydrogens (tertiary/aromatic N) is 4. The summed E-state index contributed by atoms with van der Waals surface area (Å²) in [5.74, 6) is 1.88. The second-order valence-corrected chi connectivity index (χ2v) is 15.4. The van der Waals surface area contributed by atoms with Gasteiger partial charge in [0.2, 0.25) is 0 Å². The van der Waals surface area contributed by atoms with Gasteiger partial charge in [-0.1, -0.05) is 146 Å². The summed E-state index contributed by atoms with van der Waals surface area (Å²) < 4.78 is 11.2. The van der Waals surface area contributed by atoms with Crippen LogP contribution in [0.2, 0.25) is 0 Å². The Morgan fingerprint density at radius 3 is 1.77 bits per heavy atom. The van der Waals surface area contributed by atoms with Crippen molar-refractivity contribution in [3.05, 3.63) is 182 Å². The smallest absolute Gasteiger partial charge is 0.165 e. The van der Waals surface area contributed by atoms with Gasteiger partial charge >= 0.3 is 0 Å². The molecule has 0 spiro atoms. The summed E-state index contributed by atoms with van der Waals surface area (Å²) in [6.45, 7) is 0. The molecule has 4 aromatic heterocycles. The summed E-state index contributed by atoms with van der Waals surface area (Å²) in [5, 5.41) is 6.92. The zero-order valence-electron chi connectivity index (χ0n) is 30.4. The van der Waals surface area contributed by atoms with Gasteiger partial charge in [0.05, 0.1) is 11.0 Å². The van der Waals surface area contributed by atoms with Crippen LogP contribution < -0.4 is 0 Å². The van der Waals surface area contributed by atoms with Gasteiger partial charge in [0, 0.05) is 69.7 Å². The quantitative estimate of drug-likeness (QED) is 0.176. The largest absolute Gasteiger partial charge is 0.456 e. The molecule has 0 saturated carbocycles. The number of hydrogen-bond acceptors (Lipinski definition) is 5. The SMILES string of the molecule is c1ccc(-c2nc(-c3ccccc3)nc(-c3cc(-n4c5ccccc5c5cccc(-c6ccccc6)c54)cc4c3sc3ccc5oc6ccccc6c5c34)n2)cc1. The van der Waals surface area contributed by atoms with Crippen LogP contribution in [-0.2, 0) is 0 Å². The lowest BCUT2D eigenvalue weighted by Crippen LogP contribution is -2.01. The Morgan fingerprint density at radius 2 is 1.04 bits per heavy atom. The van der Waals surface area contributed by atoms with Crippen LogP contribution in [-0.4, -0.2) is 19.5 Å². The number of furan rings is 1. The van der Waals surface area contributed by atoms with Crippen molar-refractivity contribution in [1.29, 1.82) is 0 Å². The molecule has 0 aliphatic carbocycles. The Morgan fingerprint density at radius 1 is 0.421 bits per heavy atom. The number of para-hydroxylation sites is 3. The molecule has 0 saturated heterocycles. The van der Waals surface area contributed by atoms with E-state index in [1.165, 1.54) is 32.0 Å². The first-order valence-electron chi connectivity index (χ1n) is 19.0. The van der Waals surface area contributed by atoms with E-state index in [0.29, 0.717) is 17.5 Å². The standard InChI is InChI=1S/C51H30N4OS/c1-4-15-31(16-5-1)35-23-14-24-37-36-21-10-12-25-41(36)55(47(35)37)34-29-39-46-44(28-27-43-45(46)38-22-11-13-26-42(38)56-43)57-48(39)40(30-34)51-53-49(32-17-6-2-7-18-32)52-50(54-51)33-19-8-3-9-20-33/h1-30H. The zero-order chi connectivity index (χ0) is 37.5. The van der Waals surface area contributed by atoms with Crippen molar-refractivity contribution in [2.24, 2.45) is 0 Å². The number of aromatic nitrogens is 4. The summed E-state index contributed by atoms with van der Waals surface area (Å²) in [6, 6.07) is 63.7. The van der Waals surface area contributed by atoms with E-state index in [-0.39, 0.29) is 0 Å². The van der Waals surface area contributed by atoms with Crippen molar-refractivity contribution in [3.63, 3.8) is 0 Å². The third-order valence-corrected chi connectivity index (χ3v) is 12.2. The van der Waals surface area contributed by atoms with Crippen LogP contribution in [0.1, 0.15) is 0 Å². The fraction of sp³-hybridized carbons (Fsp3) is 0. The Hall–Kier alpha value is -7.41. The molecule has 0 fully saturated rings. The van der Waals surface area contributed by atoms with Crippen molar-refractivity contribution in [3.8, 4) is 51.0 Å². The van der Waals surface area contributed by atoms with Gasteiger partial charge in [-0.2, -0.15) is 0 Å². The maximum Gasteiger partial charge on any atom is 0.165 e. The normalized spacial score (nSPS) is 11.9. The highest BCUT2D eigenvalue weighted by atomic mass is 32.1. The maximum atomic E-state index is 6.47. The van der Waals surface area contributed by atoms with Gasteiger partial charge < -0.3 is 8.98 Å². The van der Waals surface area contributed by atoms with E-state index in [1.807, 2.05) is 42.5 Å². The van der Waals surface area contributed by atoms with Crippen LogP contribution in [0.25, 0.3) is 115 Å². The molecule has 266 valence electrons. The zero-order valence-corrected chi connectivity index (χ0v) is 31.2. The Kier molecular flexibility index (Phi) is 7.03. The molecule has 5 nitrogen and oxygen atoms in total. The van der Waals surface area contributed by atoms with Crippen LogP contribution in [0.5, 0.6) is 0 Å². The van der Waals surface area contributed by atoms with Crippen LogP contribution in [0.3, 0.4) is 0 Å². The van der Waals surface area contributed by atoms with Crippen molar-refractivity contribution in [1.82, 2.24) is 19.5 Å². The molecule has 12 rings (SSSR count). The molecule has 0 unspecified atom stereocenters. The highest BCUT2D eigenvalue weighted by Crippen LogP contribution is 2.47. The van der Waals surface area contributed by atoms with E-state index in [0.717, 1.165) is 65.4 Å². The first kappa shape index (κ1) is 31.9. The highest BCUT2D eigenvalue weighted by Gasteiger charge is 2.23. The number of hydrogen-bond donors (Lipinski definition) is 0. The van der Waals surface area contributed by atoms with Gasteiger partial charge in [-0.3, -0.25) is 0 Å². The molecule has 12 aromatic rings. The third-order valence-electron chi connectivity index (χ3n) is 11.0. The lowest BCUT2D eigenvalue weighted by Gasteiger charge is -2.15. The number of benzene rings is 8. The molecule has 57 heavy (non-hydrogen) atoms. The summed E-state index contributed by atoms with van der Waals surface area (Å²) in [4.78, 5) is 15.6.